The molecule has 0 saturated carbocycles. The lowest BCUT2D eigenvalue weighted by Crippen LogP contribution is -2.36. The Morgan fingerprint density at radius 2 is 1.89 bits per heavy atom. The van der Waals surface area contributed by atoms with Crippen LogP contribution in [-0.4, -0.2) is 67.9 Å². The van der Waals surface area contributed by atoms with Gasteiger partial charge in [0.05, 0.1) is 18.9 Å². The van der Waals surface area contributed by atoms with Crippen molar-refractivity contribution < 1.29 is 23.9 Å². The number of aromatic nitrogens is 4. The Kier molecular flexibility index (Phi) is 11.4. The van der Waals surface area contributed by atoms with Crippen LogP contribution < -0.4 is 0 Å². The maximum atomic E-state index is 13.6. The Morgan fingerprint density at radius 1 is 1.04 bits per heavy atom. The number of thiophene rings is 1. The average molecular weight is 766 g/mol. The van der Waals surface area contributed by atoms with Gasteiger partial charge in [0.25, 0.3) is 0 Å². The Balaban J connectivity index is 1.06. The molecule has 2 aliphatic heterocycles. The van der Waals surface area contributed by atoms with Crippen molar-refractivity contribution in [1.82, 2.24) is 24.6 Å². The molecule has 54 heavy (non-hydrogen) atoms. The van der Waals surface area contributed by atoms with Crippen molar-refractivity contribution in [2.24, 2.45) is 10.1 Å². The molecule has 0 bridgehead atoms. The zero-order valence-electron chi connectivity index (χ0n) is 30.3. The molecule has 3 aromatic heterocycles. The zero-order valence-corrected chi connectivity index (χ0v) is 31.9. The molecule has 2 aromatic carbocycles. The summed E-state index contributed by atoms with van der Waals surface area (Å²) < 4.78 is 13.0. The van der Waals surface area contributed by atoms with Gasteiger partial charge < -0.3 is 19.2 Å². The van der Waals surface area contributed by atoms with E-state index in [1.54, 1.807) is 35.6 Å². The van der Waals surface area contributed by atoms with Crippen LogP contribution in [0.15, 0.2) is 83.2 Å². The number of carbonyl (C=O) groups excluding carboxylic acids is 2. The van der Waals surface area contributed by atoms with Crippen molar-refractivity contribution in [3.63, 3.8) is 0 Å². The average Bonchev–Trinajstić information content (AvgIpc) is 3.72. The molecule has 5 heterocycles. The van der Waals surface area contributed by atoms with Crippen molar-refractivity contribution in [1.29, 1.82) is 0 Å². The van der Waals surface area contributed by atoms with E-state index >= 15 is 0 Å². The first-order chi connectivity index (χ1) is 26.3. The Morgan fingerprint density at radius 3 is 2.70 bits per heavy atom. The van der Waals surface area contributed by atoms with Crippen LogP contribution in [-0.2, 0) is 38.7 Å². The van der Waals surface area contributed by atoms with Crippen molar-refractivity contribution in [3.05, 3.63) is 128 Å². The lowest BCUT2D eigenvalue weighted by Gasteiger charge is -2.27. The SMILES string of the molecule is CCOC(=O)CCCCO/N=C(\c1cccnc1)c1cccc(COC(=O)N2CCc3c(sc4c3C(c3ccccc3Cl)=NC(C)c3nnc(C)n3-4)C2)c1. The van der Waals surface area contributed by atoms with Gasteiger partial charge in [-0.3, -0.25) is 19.3 Å². The Labute approximate surface area is 322 Å². The van der Waals surface area contributed by atoms with Crippen LogP contribution in [0.25, 0.3) is 5.00 Å². The molecule has 1 amide bonds. The summed E-state index contributed by atoms with van der Waals surface area (Å²) in [6, 6.07) is 19.0. The Bertz CT molecular complexity index is 2220. The largest absolute Gasteiger partial charge is 0.466 e. The molecule has 2 aliphatic rings. The smallest absolute Gasteiger partial charge is 0.410 e. The molecular formula is C40H40ClN7O5S. The molecule has 14 heteroatoms. The number of amides is 1. The highest BCUT2D eigenvalue weighted by molar-refractivity contribution is 7.15. The van der Waals surface area contributed by atoms with Gasteiger partial charge in [-0.15, -0.1) is 21.5 Å². The number of unbranched alkanes of at least 4 members (excludes halogenated alkanes) is 1. The number of rotatable bonds is 12. The van der Waals surface area contributed by atoms with Crippen LogP contribution >= 0.6 is 22.9 Å². The van der Waals surface area contributed by atoms with E-state index in [-0.39, 0.29) is 18.6 Å². The van der Waals surface area contributed by atoms with Gasteiger partial charge in [-0.25, -0.2) is 4.79 Å². The van der Waals surface area contributed by atoms with Crippen LogP contribution in [0, 0.1) is 6.92 Å². The maximum Gasteiger partial charge on any atom is 0.410 e. The number of fused-ring (bicyclic) bond motifs is 5. The number of hydrogen-bond donors (Lipinski definition) is 0. The molecule has 0 N–H and O–H groups in total. The number of aliphatic imine (C=N–C) groups is 1. The fraction of sp³-hybridized carbons (Fsp3) is 0.325. The second-order valence-corrected chi connectivity index (χ2v) is 14.5. The number of oxime groups is 1. The zero-order chi connectivity index (χ0) is 37.6. The number of carbonyl (C=O) groups is 2. The summed E-state index contributed by atoms with van der Waals surface area (Å²) in [5, 5.41) is 14.9. The standard InChI is InChI=1S/C40H40ClN7O5S/c1-4-51-34(49)16-7-8-20-53-46-36(29-13-10-18-42-22-29)28-12-9-11-27(21-28)24-52-40(50)47-19-17-31-33(23-47)54-39-35(31)37(30-14-5-6-15-32(30)41)43-25(2)38-45-44-26(3)48(38)39/h5-6,9-15,18,21-22,25H,4,7-8,16-17,19-20,23-24H2,1-3H3/b46-36-. The minimum atomic E-state index is -0.392. The fourth-order valence-corrected chi connectivity index (χ4v) is 8.26. The third-order valence-corrected chi connectivity index (χ3v) is 10.8. The molecule has 5 aromatic rings. The normalized spacial score (nSPS) is 15.0. The molecule has 0 aliphatic carbocycles. The second kappa shape index (κ2) is 16.7. The third-order valence-electron chi connectivity index (χ3n) is 9.24. The Hall–Kier alpha value is -5.40. The van der Waals surface area contributed by atoms with Gasteiger partial charge in [0.15, 0.2) is 5.82 Å². The molecule has 278 valence electrons. The van der Waals surface area contributed by atoms with Gasteiger partial charge in [0, 0.05) is 57.5 Å². The summed E-state index contributed by atoms with van der Waals surface area (Å²) in [5.41, 5.74) is 6.84. The van der Waals surface area contributed by atoms with E-state index in [9.17, 15) is 9.59 Å². The van der Waals surface area contributed by atoms with E-state index < -0.39 is 6.09 Å². The summed E-state index contributed by atoms with van der Waals surface area (Å²) in [6.07, 6.45) is 5.30. The van der Waals surface area contributed by atoms with Crippen LogP contribution in [0.5, 0.6) is 0 Å². The van der Waals surface area contributed by atoms with Crippen molar-refractivity contribution in [2.75, 3.05) is 19.8 Å². The molecule has 0 fully saturated rings. The maximum absolute atomic E-state index is 13.6. The van der Waals surface area contributed by atoms with Gasteiger partial charge >= 0.3 is 12.1 Å². The molecule has 1 unspecified atom stereocenters. The minimum absolute atomic E-state index is 0.0798. The van der Waals surface area contributed by atoms with Crippen molar-refractivity contribution in [3.8, 4) is 5.00 Å². The predicted octanol–water partition coefficient (Wildman–Crippen LogP) is 7.79. The van der Waals surface area contributed by atoms with Crippen molar-refractivity contribution >= 4 is 46.4 Å². The highest BCUT2D eigenvalue weighted by atomic mass is 35.5. The van der Waals surface area contributed by atoms with Gasteiger partial charge in [-0.05, 0) is 75.4 Å². The molecule has 12 nitrogen and oxygen atoms in total. The van der Waals surface area contributed by atoms with Crippen molar-refractivity contribution in [2.45, 2.75) is 65.6 Å². The summed E-state index contributed by atoms with van der Waals surface area (Å²) in [5.74, 6) is 1.33. The lowest BCUT2D eigenvalue weighted by molar-refractivity contribution is -0.143. The number of pyridine rings is 1. The monoisotopic (exact) mass is 765 g/mol. The van der Waals surface area contributed by atoms with Crippen LogP contribution in [0.4, 0.5) is 4.79 Å². The number of aryl methyl sites for hydroxylation is 1. The molecule has 0 saturated heterocycles. The molecule has 0 radical (unpaired) electrons. The first-order valence-corrected chi connectivity index (χ1v) is 19.2. The quantitative estimate of drug-likeness (QED) is 0.0544. The summed E-state index contributed by atoms with van der Waals surface area (Å²) in [4.78, 5) is 43.1. The van der Waals surface area contributed by atoms with E-state index in [0.29, 0.717) is 62.7 Å². The van der Waals surface area contributed by atoms with E-state index in [2.05, 4.69) is 24.9 Å². The van der Waals surface area contributed by atoms with Crippen LogP contribution in [0.1, 0.15) is 89.1 Å². The number of benzene rings is 2. The topological polar surface area (TPSA) is 133 Å². The molecule has 0 spiro atoms. The van der Waals surface area contributed by atoms with Gasteiger partial charge in [0.2, 0.25) is 0 Å². The predicted molar refractivity (Wildman–Crippen MR) is 207 cm³/mol. The lowest BCUT2D eigenvalue weighted by atomic mass is 9.95. The molecule has 1 atom stereocenters. The number of halogens is 1. The minimum Gasteiger partial charge on any atom is -0.466 e. The third kappa shape index (κ3) is 7.92. The first kappa shape index (κ1) is 36.9. The fourth-order valence-electron chi connectivity index (χ4n) is 6.62. The van der Waals surface area contributed by atoms with E-state index in [1.807, 2.05) is 74.5 Å². The summed E-state index contributed by atoms with van der Waals surface area (Å²) >= 11 is 8.38. The van der Waals surface area contributed by atoms with Gasteiger partial charge in [-0.2, -0.15) is 0 Å². The first-order valence-electron chi connectivity index (χ1n) is 18.0. The van der Waals surface area contributed by atoms with E-state index in [4.69, 9.17) is 30.9 Å². The van der Waals surface area contributed by atoms with Gasteiger partial charge in [0.1, 0.15) is 35.8 Å². The highest BCUT2D eigenvalue weighted by Crippen LogP contribution is 2.42. The summed E-state index contributed by atoms with van der Waals surface area (Å²) in [7, 11) is 0. The number of esters is 1. The van der Waals surface area contributed by atoms with E-state index in [0.717, 1.165) is 60.6 Å². The number of nitrogens with zero attached hydrogens (tertiary/aromatic N) is 7. The van der Waals surface area contributed by atoms with Crippen LogP contribution in [0.2, 0.25) is 5.02 Å². The number of hydrogen-bond acceptors (Lipinski definition) is 11. The molecular weight excluding hydrogens is 726 g/mol. The van der Waals surface area contributed by atoms with Gasteiger partial charge in [-0.1, -0.05) is 53.2 Å². The highest BCUT2D eigenvalue weighted by Gasteiger charge is 2.35. The second-order valence-electron chi connectivity index (χ2n) is 13.0. The number of ether oxygens (including phenoxy) is 2. The summed E-state index contributed by atoms with van der Waals surface area (Å²) in [6.45, 7) is 7.45. The van der Waals surface area contributed by atoms with Crippen LogP contribution in [0.3, 0.4) is 0 Å². The molecule has 7 rings (SSSR count). The van der Waals surface area contributed by atoms with E-state index in [1.165, 1.54) is 0 Å².